The summed E-state index contributed by atoms with van der Waals surface area (Å²) in [5, 5.41) is 3.73. The molecule has 1 unspecified atom stereocenters. The van der Waals surface area contributed by atoms with Crippen molar-refractivity contribution < 1.29 is 0 Å². The Labute approximate surface area is 129 Å². The van der Waals surface area contributed by atoms with Crippen molar-refractivity contribution in [2.24, 2.45) is 17.6 Å². The molecule has 1 aliphatic rings. The second-order valence-electron chi connectivity index (χ2n) is 6.68. The minimum absolute atomic E-state index is 0.604. The normalized spacial score (nSPS) is 19.0. The van der Waals surface area contributed by atoms with E-state index in [4.69, 9.17) is 5.73 Å². The minimum Gasteiger partial charge on any atom is -0.330 e. The van der Waals surface area contributed by atoms with Gasteiger partial charge in [-0.15, -0.1) is 0 Å². The first-order valence-corrected chi connectivity index (χ1v) is 8.38. The lowest BCUT2D eigenvalue weighted by molar-refractivity contribution is 0.185. The van der Waals surface area contributed by atoms with Crippen LogP contribution in [0.1, 0.15) is 32.3 Å². The van der Waals surface area contributed by atoms with Crippen LogP contribution in [0, 0.1) is 11.8 Å². The largest absolute Gasteiger partial charge is 0.330 e. The number of piperidine rings is 1. The van der Waals surface area contributed by atoms with E-state index in [0.717, 1.165) is 19.6 Å². The quantitative estimate of drug-likeness (QED) is 0.810. The summed E-state index contributed by atoms with van der Waals surface area (Å²) in [5.41, 5.74) is 7.27. The molecule has 1 fully saturated rings. The second-order valence-corrected chi connectivity index (χ2v) is 6.68. The predicted octanol–water partition coefficient (Wildman–Crippen LogP) is 2.47. The topological polar surface area (TPSA) is 41.3 Å². The fourth-order valence-corrected chi connectivity index (χ4v) is 3.05. The third-order valence-corrected chi connectivity index (χ3v) is 4.75. The molecule has 0 aliphatic carbocycles. The lowest BCUT2D eigenvalue weighted by Crippen LogP contribution is -2.44. The smallest absolute Gasteiger partial charge is 0.0233 e. The van der Waals surface area contributed by atoms with Crippen molar-refractivity contribution >= 4 is 0 Å². The number of rotatable bonds is 7. The van der Waals surface area contributed by atoms with Crippen molar-refractivity contribution in [3.05, 3.63) is 35.9 Å². The van der Waals surface area contributed by atoms with Crippen LogP contribution in [0.2, 0.25) is 0 Å². The Bertz CT molecular complexity index is 383. The fourth-order valence-electron chi connectivity index (χ4n) is 3.05. The highest BCUT2D eigenvalue weighted by Crippen LogP contribution is 2.15. The molecule has 0 aromatic heterocycles. The summed E-state index contributed by atoms with van der Waals surface area (Å²) >= 11 is 0. The van der Waals surface area contributed by atoms with E-state index in [-0.39, 0.29) is 0 Å². The molecule has 118 valence electrons. The first kappa shape index (κ1) is 16.5. The zero-order chi connectivity index (χ0) is 15.1. The number of nitrogens with zero attached hydrogens (tertiary/aromatic N) is 1. The molecule has 1 heterocycles. The van der Waals surface area contributed by atoms with Crippen molar-refractivity contribution in [1.82, 2.24) is 10.2 Å². The Kier molecular flexibility index (Phi) is 6.68. The van der Waals surface area contributed by atoms with Crippen molar-refractivity contribution in [2.75, 3.05) is 26.2 Å². The van der Waals surface area contributed by atoms with Gasteiger partial charge in [-0.25, -0.2) is 0 Å². The van der Waals surface area contributed by atoms with E-state index in [0.29, 0.717) is 17.9 Å². The monoisotopic (exact) mass is 289 g/mol. The zero-order valence-electron chi connectivity index (χ0n) is 13.6. The molecule has 1 saturated heterocycles. The lowest BCUT2D eigenvalue weighted by Gasteiger charge is -2.33. The van der Waals surface area contributed by atoms with Crippen molar-refractivity contribution in [3.8, 4) is 0 Å². The average molecular weight is 289 g/mol. The molecular formula is C18H31N3. The lowest BCUT2D eigenvalue weighted by atomic mass is 9.95. The highest BCUT2D eigenvalue weighted by Gasteiger charge is 2.20. The van der Waals surface area contributed by atoms with Crippen LogP contribution in [-0.4, -0.2) is 37.1 Å². The van der Waals surface area contributed by atoms with Gasteiger partial charge in [-0.1, -0.05) is 44.2 Å². The van der Waals surface area contributed by atoms with E-state index >= 15 is 0 Å². The van der Waals surface area contributed by atoms with Gasteiger partial charge in [0.2, 0.25) is 0 Å². The van der Waals surface area contributed by atoms with Gasteiger partial charge in [-0.3, -0.25) is 4.90 Å². The first-order valence-electron chi connectivity index (χ1n) is 8.38. The van der Waals surface area contributed by atoms with Gasteiger partial charge in [0.25, 0.3) is 0 Å². The maximum Gasteiger partial charge on any atom is 0.0233 e. The van der Waals surface area contributed by atoms with Gasteiger partial charge in [-0.05, 0) is 56.4 Å². The molecule has 0 radical (unpaired) electrons. The van der Waals surface area contributed by atoms with Crippen LogP contribution in [0.25, 0.3) is 0 Å². The number of nitrogens with two attached hydrogens (primary N) is 1. The highest BCUT2D eigenvalue weighted by molar-refractivity contribution is 5.14. The van der Waals surface area contributed by atoms with Crippen LogP contribution < -0.4 is 11.1 Å². The third kappa shape index (κ3) is 5.42. The summed E-state index contributed by atoms with van der Waals surface area (Å²) in [7, 11) is 0. The second kappa shape index (κ2) is 8.52. The molecule has 0 amide bonds. The number of hydrogen-bond donors (Lipinski definition) is 2. The average Bonchev–Trinajstić information content (AvgIpc) is 2.50. The highest BCUT2D eigenvalue weighted by atomic mass is 15.1. The van der Waals surface area contributed by atoms with Gasteiger partial charge in [0.1, 0.15) is 0 Å². The molecule has 1 aromatic rings. The van der Waals surface area contributed by atoms with E-state index < -0.39 is 0 Å². The molecule has 3 heteroatoms. The van der Waals surface area contributed by atoms with E-state index in [1.165, 1.54) is 31.5 Å². The molecule has 21 heavy (non-hydrogen) atoms. The molecule has 1 aromatic carbocycles. The first-order chi connectivity index (χ1) is 10.2. The molecule has 1 aliphatic heterocycles. The molecule has 3 N–H and O–H groups in total. The van der Waals surface area contributed by atoms with Crippen LogP contribution >= 0.6 is 0 Å². The Hall–Kier alpha value is -0.900. The summed E-state index contributed by atoms with van der Waals surface area (Å²) in [6.07, 6.45) is 2.50. The standard InChI is InChI=1S/C18H31N3/c1-15(2)17(12-19)13-20-18-8-10-21(11-9-18)14-16-6-4-3-5-7-16/h3-7,15,17-18,20H,8-14,19H2,1-2H3. The van der Waals surface area contributed by atoms with Gasteiger partial charge in [0.05, 0.1) is 0 Å². The van der Waals surface area contributed by atoms with Gasteiger partial charge < -0.3 is 11.1 Å². The molecule has 2 rings (SSSR count). The molecule has 0 spiro atoms. The SMILES string of the molecule is CC(C)C(CN)CNC1CCN(Cc2ccccc2)CC1. The van der Waals surface area contributed by atoms with Crippen LogP contribution in [-0.2, 0) is 6.54 Å². The maximum atomic E-state index is 5.85. The summed E-state index contributed by atoms with van der Waals surface area (Å²) in [6.45, 7) is 9.87. The van der Waals surface area contributed by atoms with Crippen LogP contribution in [0.4, 0.5) is 0 Å². The van der Waals surface area contributed by atoms with Crippen LogP contribution in [0.15, 0.2) is 30.3 Å². The number of likely N-dealkylation sites (tertiary alicyclic amines) is 1. The van der Waals surface area contributed by atoms with E-state index in [9.17, 15) is 0 Å². The zero-order valence-corrected chi connectivity index (χ0v) is 13.6. The van der Waals surface area contributed by atoms with E-state index in [2.05, 4.69) is 54.4 Å². The number of benzene rings is 1. The summed E-state index contributed by atoms with van der Waals surface area (Å²) in [4.78, 5) is 2.57. The summed E-state index contributed by atoms with van der Waals surface area (Å²) in [5.74, 6) is 1.27. The van der Waals surface area contributed by atoms with Crippen LogP contribution in [0.5, 0.6) is 0 Å². The van der Waals surface area contributed by atoms with E-state index in [1.807, 2.05) is 0 Å². The minimum atomic E-state index is 0.604. The Morgan fingerprint density at radius 2 is 1.86 bits per heavy atom. The Morgan fingerprint density at radius 1 is 1.19 bits per heavy atom. The van der Waals surface area contributed by atoms with Gasteiger partial charge in [-0.2, -0.15) is 0 Å². The van der Waals surface area contributed by atoms with Crippen molar-refractivity contribution in [2.45, 2.75) is 39.3 Å². The number of hydrogen-bond acceptors (Lipinski definition) is 3. The van der Waals surface area contributed by atoms with E-state index in [1.54, 1.807) is 0 Å². The molecule has 0 bridgehead atoms. The van der Waals surface area contributed by atoms with Gasteiger partial charge in [0.15, 0.2) is 0 Å². The maximum absolute atomic E-state index is 5.85. The van der Waals surface area contributed by atoms with Gasteiger partial charge >= 0.3 is 0 Å². The van der Waals surface area contributed by atoms with Gasteiger partial charge in [0, 0.05) is 12.6 Å². The Balaban J connectivity index is 1.68. The molecular weight excluding hydrogens is 258 g/mol. The van der Waals surface area contributed by atoms with Crippen molar-refractivity contribution in [3.63, 3.8) is 0 Å². The Morgan fingerprint density at radius 3 is 2.43 bits per heavy atom. The number of nitrogens with one attached hydrogen (secondary N) is 1. The molecule has 1 atom stereocenters. The molecule has 0 saturated carbocycles. The summed E-state index contributed by atoms with van der Waals surface area (Å²) in [6, 6.07) is 11.5. The predicted molar refractivity (Wildman–Crippen MR) is 90.1 cm³/mol. The third-order valence-electron chi connectivity index (χ3n) is 4.75. The fraction of sp³-hybridized carbons (Fsp3) is 0.667. The van der Waals surface area contributed by atoms with Crippen LogP contribution in [0.3, 0.4) is 0 Å². The summed E-state index contributed by atoms with van der Waals surface area (Å²) < 4.78 is 0. The molecule has 3 nitrogen and oxygen atoms in total. The van der Waals surface area contributed by atoms with Crippen molar-refractivity contribution in [1.29, 1.82) is 0 Å².